The van der Waals surface area contributed by atoms with Crippen molar-refractivity contribution in [3.63, 3.8) is 0 Å². The van der Waals surface area contributed by atoms with E-state index in [2.05, 4.69) is 36.0 Å². The summed E-state index contributed by atoms with van der Waals surface area (Å²) < 4.78 is 5.79. The number of likely N-dealkylation sites (tertiary alicyclic amines) is 1. The minimum Gasteiger partial charge on any atom is -0.373 e. The maximum atomic E-state index is 12.5. The number of ether oxygens (including phenoxy) is 1. The van der Waals surface area contributed by atoms with Gasteiger partial charge in [0, 0.05) is 25.2 Å². The topological polar surface area (TPSA) is 44.8 Å². The second-order valence-electron chi connectivity index (χ2n) is 6.87. The minimum absolute atomic E-state index is 0.0518. The zero-order valence-corrected chi connectivity index (χ0v) is 14.1. The number of hydrogen-bond donors (Lipinski definition) is 1. The van der Waals surface area contributed by atoms with E-state index in [9.17, 15) is 4.79 Å². The van der Waals surface area contributed by atoms with Crippen LogP contribution in [0.4, 0.5) is 0 Å². The molecule has 0 aliphatic carbocycles. The molecule has 0 spiro atoms. The molecule has 21 heavy (non-hydrogen) atoms. The highest BCUT2D eigenvalue weighted by molar-refractivity contribution is 5.81. The molecule has 2 saturated heterocycles. The lowest BCUT2D eigenvalue weighted by Crippen LogP contribution is -2.56. The third kappa shape index (κ3) is 3.96. The fourth-order valence-corrected chi connectivity index (χ4v) is 3.67. The molecule has 5 heteroatoms. The van der Waals surface area contributed by atoms with Gasteiger partial charge in [-0.3, -0.25) is 9.69 Å². The summed E-state index contributed by atoms with van der Waals surface area (Å²) in [5.74, 6) is 0.125. The molecular formula is C16H31N3O2. The van der Waals surface area contributed by atoms with E-state index in [1.807, 2.05) is 13.8 Å². The molecule has 1 amide bonds. The summed E-state index contributed by atoms with van der Waals surface area (Å²) in [4.78, 5) is 17.1. The van der Waals surface area contributed by atoms with Crippen LogP contribution in [-0.4, -0.2) is 72.7 Å². The highest BCUT2D eigenvalue weighted by Crippen LogP contribution is 2.26. The van der Waals surface area contributed by atoms with Crippen molar-refractivity contribution in [2.24, 2.45) is 0 Å². The average Bonchev–Trinajstić information content (AvgIpc) is 2.77. The van der Waals surface area contributed by atoms with Crippen LogP contribution < -0.4 is 5.32 Å². The van der Waals surface area contributed by atoms with Gasteiger partial charge in [-0.15, -0.1) is 0 Å². The summed E-state index contributed by atoms with van der Waals surface area (Å²) in [5, 5.41) is 3.16. The maximum absolute atomic E-state index is 12.5. The van der Waals surface area contributed by atoms with Crippen LogP contribution in [0.1, 0.15) is 40.5 Å². The maximum Gasteiger partial charge on any atom is 0.237 e. The molecule has 0 aromatic heterocycles. The van der Waals surface area contributed by atoms with Gasteiger partial charge in [-0.1, -0.05) is 0 Å². The van der Waals surface area contributed by atoms with E-state index in [1.54, 1.807) is 0 Å². The average molecular weight is 297 g/mol. The van der Waals surface area contributed by atoms with Gasteiger partial charge < -0.3 is 15.0 Å². The van der Waals surface area contributed by atoms with Gasteiger partial charge >= 0.3 is 0 Å². The van der Waals surface area contributed by atoms with E-state index in [4.69, 9.17) is 4.74 Å². The highest BCUT2D eigenvalue weighted by atomic mass is 16.5. The van der Waals surface area contributed by atoms with Gasteiger partial charge in [0.2, 0.25) is 5.91 Å². The fraction of sp³-hybridized carbons (Fsp3) is 0.938. The first kappa shape index (κ1) is 16.7. The summed E-state index contributed by atoms with van der Waals surface area (Å²) in [7, 11) is 2.10. The summed E-state index contributed by atoms with van der Waals surface area (Å²) >= 11 is 0. The van der Waals surface area contributed by atoms with Crippen molar-refractivity contribution in [1.82, 2.24) is 15.1 Å². The number of nitrogens with zero attached hydrogens (tertiary/aromatic N) is 2. The molecule has 0 unspecified atom stereocenters. The number of amides is 1. The number of likely N-dealkylation sites (N-methyl/N-ethyl adjacent to an activating group) is 1. The molecule has 2 fully saturated rings. The molecule has 0 bridgehead atoms. The van der Waals surface area contributed by atoms with Crippen molar-refractivity contribution >= 4 is 5.91 Å². The number of nitrogens with one attached hydrogen (secondary N) is 1. The van der Waals surface area contributed by atoms with E-state index in [1.165, 1.54) is 12.8 Å². The van der Waals surface area contributed by atoms with Gasteiger partial charge in [0.25, 0.3) is 0 Å². The Morgan fingerprint density at radius 2 is 1.86 bits per heavy atom. The fourth-order valence-electron chi connectivity index (χ4n) is 3.67. The zero-order valence-electron chi connectivity index (χ0n) is 14.1. The molecular weight excluding hydrogens is 266 g/mol. The van der Waals surface area contributed by atoms with Crippen molar-refractivity contribution in [2.75, 3.05) is 26.7 Å². The minimum atomic E-state index is -0.0683. The highest BCUT2D eigenvalue weighted by Gasteiger charge is 2.35. The molecule has 122 valence electrons. The quantitative estimate of drug-likeness (QED) is 0.843. The standard InChI is InChI=1S/C16H31N3O2/c1-11-6-7-12(2)19(11)14(4)16(20)17-13(3)15-10-18(5)8-9-21-15/h11-15H,6-10H2,1-5H3,(H,17,20)/t11-,12+,13-,14-,15+/m0/s1. The summed E-state index contributed by atoms with van der Waals surface area (Å²) in [6.07, 6.45) is 2.46. The van der Waals surface area contributed by atoms with Gasteiger partial charge in [0.1, 0.15) is 0 Å². The molecule has 1 N–H and O–H groups in total. The number of carbonyl (C=O) groups excluding carboxylic acids is 1. The van der Waals surface area contributed by atoms with Crippen LogP contribution in [0.2, 0.25) is 0 Å². The Morgan fingerprint density at radius 3 is 2.43 bits per heavy atom. The van der Waals surface area contributed by atoms with E-state index >= 15 is 0 Å². The number of carbonyl (C=O) groups is 1. The van der Waals surface area contributed by atoms with Crippen LogP contribution in [0.3, 0.4) is 0 Å². The Bertz CT molecular complexity index is 353. The third-order valence-electron chi connectivity index (χ3n) is 5.07. The molecule has 0 radical (unpaired) electrons. The Hall–Kier alpha value is -0.650. The van der Waals surface area contributed by atoms with Crippen molar-refractivity contribution in [3.05, 3.63) is 0 Å². The van der Waals surface area contributed by atoms with Crippen molar-refractivity contribution in [2.45, 2.75) is 70.8 Å². The Morgan fingerprint density at radius 1 is 1.24 bits per heavy atom. The number of morpholine rings is 1. The molecule has 0 aromatic carbocycles. The Labute approximate surface area is 129 Å². The van der Waals surface area contributed by atoms with Crippen LogP contribution in [-0.2, 0) is 9.53 Å². The summed E-state index contributed by atoms with van der Waals surface area (Å²) in [6.45, 7) is 11.1. The first-order valence-corrected chi connectivity index (χ1v) is 8.28. The van der Waals surface area contributed by atoms with Gasteiger partial charge in [0.05, 0.1) is 24.8 Å². The van der Waals surface area contributed by atoms with Gasteiger partial charge in [-0.05, 0) is 47.6 Å². The molecule has 5 atom stereocenters. The van der Waals surface area contributed by atoms with Crippen LogP contribution in [0.5, 0.6) is 0 Å². The zero-order chi connectivity index (χ0) is 15.6. The molecule has 0 saturated carbocycles. The molecule has 2 rings (SSSR count). The van der Waals surface area contributed by atoms with E-state index in [0.29, 0.717) is 12.1 Å². The van der Waals surface area contributed by atoms with Gasteiger partial charge in [-0.25, -0.2) is 0 Å². The second kappa shape index (κ2) is 7.07. The third-order valence-corrected chi connectivity index (χ3v) is 5.07. The molecule has 2 aliphatic heterocycles. The van der Waals surface area contributed by atoms with E-state index < -0.39 is 0 Å². The second-order valence-corrected chi connectivity index (χ2v) is 6.87. The summed E-state index contributed by atoms with van der Waals surface area (Å²) in [5.41, 5.74) is 0. The number of hydrogen-bond acceptors (Lipinski definition) is 4. The van der Waals surface area contributed by atoms with Crippen molar-refractivity contribution in [3.8, 4) is 0 Å². The normalized spacial score (nSPS) is 34.6. The smallest absolute Gasteiger partial charge is 0.237 e. The first-order chi connectivity index (χ1) is 9.90. The van der Waals surface area contributed by atoms with Gasteiger partial charge in [-0.2, -0.15) is 0 Å². The lowest BCUT2D eigenvalue weighted by atomic mass is 10.1. The Kier molecular flexibility index (Phi) is 5.63. The van der Waals surface area contributed by atoms with Crippen LogP contribution in [0.15, 0.2) is 0 Å². The molecule has 2 aliphatic rings. The van der Waals surface area contributed by atoms with Crippen molar-refractivity contribution < 1.29 is 9.53 Å². The SMILES string of the molecule is C[C@H](NC(=O)[C@H](C)N1[C@H](C)CC[C@@H]1C)[C@H]1CN(C)CCO1. The molecule has 5 nitrogen and oxygen atoms in total. The van der Waals surface area contributed by atoms with E-state index in [0.717, 1.165) is 19.7 Å². The van der Waals surface area contributed by atoms with Crippen LogP contribution in [0.25, 0.3) is 0 Å². The largest absolute Gasteiger partial charge is 0.373 e. The van der Waals surface area contributed by atoms with Gasteiger partial charge in [0.15, 0.2) is 0 Å². The molecule has 2 heterocycles. The Balaban J connectivity index is 1.88. The summed E-state index contributed by atoms with van der Waals surface area (Å²) in [6, 6.07) is 0.971. The first-order valence-electron chi connectivity index (χ1n) is 8.28. The lowest BCUT2D eigenvalue weighted by Gasteiger charge is -2.36. The predicted molar refractivity (Wildman–Crippen MR) is 84.3 cm³/mol. The number of rotatable bonds is 4. The monoisotopic (exact) mass is 297 g/mol. The van der Waals surface area contributed by atoms with Crippen molar-refractivity contribution in [1.29, 1.82) is 0 Å². The van der Waals surface area contributed by atoms with E-state index in [-0.39, 0.29) is 24.1 Å². The predicted octanol–water partition coefficient (Wildman–Crippen LogP) is 1.08. The lowest BCUT2D eigenvalue weighted by molar-refractivity contribution is -0.129. The van der Waals surface area contributed by atoms with Crippen LogP contribution >= 0.6 is 0 Å². The molecule has 0 aromatic rings. The van der Waals surface area contributed by atoms with Crippen LogP contribution in [0, 0.1) is 0 Å².